The Morgan fingerprint density at radius 3 is 2.89 bits per heavy atom. The van der Waals surface area contributed by atoms with E-state index in [0.717, 1.165) is 19.4 Å². The van der Waals surface area contributed by atoms with Crippen LogP contribution in [0.3, 0.4) is 0 Å². The summed E-state index contributed by atoms with van der Waals surface area (Å²) in [6.07, 6.45) is 1.92. The maximum Gasteiger partial charge on any atom is 0.254 e. The van der Waals surface area contributed by atoms with E-state index in [1.165, 1.54) is 0 Å². The van der Waals surface area contributed by atoms with Gasteiger partial charge in [0.1, 0.15) is 5.75 Å². The average Bonchev–Trinajstić information content (AvgIpc) is 2.32. The molecule has 1 aliphatic heterocycles. The normalized spacial score (nSPS) is 19.2. The Bertz CT molecular complexity index is 437. The second-order valence-electron chi connectivity index (χ2n) is 4.60. The maximum absolute atomic E-state index is 12.3. The van der Waals surface area contributed by atoms with Gasteiger partial charge in [0.25, 0.3) is 5.91 Å². The van der Waals surface area contributed by atoms with Gasteiger partial charge in [-0.05, 0) is 31.9 Å². The fraction of sp³-hybridized carbons (Fsp3) is 0.462. The number of nitrogens with zero attached hydrogens (tertiary/aromatic N) is 1. The molecule has 1 aliphatic rings. The Kier molecular flexibility index (Phi) is 4.99. The lowest BCUT2D eigenvalue weighted by Gasteiger charge is -2.31. The predicted molar refractivity (Wildman–Crippen MR) is 73.2 cm³/mol. The summed E-state index contributed by atoms with van der Waals surface area (Å²) in [7, 11) is 0. The minimum absolute atomic E-state index is 0. The second kappa shape index (κ2) is 6.07. The molecule has 1 aromatic carbocycles. The lowest BCUT2D eigenvalue weighted by Crippen LogP contribution is -2.45. The molecule has 0 radical (unpaired) electrons. The Balaban J connectivity index is 0.00000162. The van der Waals surface area contributed by atoms with Crippen LogP contribution in [0.4, 0.5) is 0 Å². The van der Waals surface area contributed by atoms with Crippen LogP contribution in [0.1, 0.15) is 28.8 Å². The molecule has 1 heterocycles. The van der Waals surface area contributed by atoms with Crippen LogP contribution in [0.25, 0.3) is 0 Å². The van der Waals surface area contributed by atoms with E-state index in [2.05, 4.69) is 0 Å². The summed E-state index contributed by atoms with van der Waals surface area (Å²) in [6, 6.07) is 5.11. The topological polar surface area (TPSA) is 66.6 Å². The zero-order valence-electron chi connectivity index (χ0n) is 10.4. The molecule has 1 saturated heterocycles. The number of amides is 1. The molecule has 0 saturated carbocycles. The highest BCUT2D eigenvalue weighted by atomic mass is 35.5. The van der Waals surface area contributed by atoms with E-state index in [9.17, 15) is 9.90 Å². The molecule has 4 nitrogen and oxygen atoms in total. The summed E-state index contributed by atoms with van der Waals surface area (Å²) in [5, 5.41) is 9.60. The number of phenolic OH excluding ortho intramolecular Hbond substituents is 1. The van der Waals surface area contributed by atoms with Gasteiger partial charge in [-0.1, -0.05) is 6.07 Å². The van der Waals surface area contributed by atoms with Crippen LogP contribution < -0.4 is 5.73 Å². The van der Waals surface area contributed by atoms with Gasteiger partial charge in [0, 0.05) is 30.3 Å². The third kappa shape index (κ3) is 2.94. The van der Waals surface area contributed by atoms with Crippen LogP contribution in [-0.2, 0) is 0 Å². The molecule has 1 unspecified atom stereocenters. The van der Waals surface area contributed by atoms with E-state index in [0.29, 0.717) is 17.7 Å². The third-order valence-corrected chi connectivity index (χ3v) is 3.28. The smallest absolute Gasteiger partial charge is 0.254 e. The molecule has 1 atom stereocenters. The molecule has 1 amide bonds. The van der Waals surface area contributed by atoms with Crippen LogP contribution in [0, 0.1) is 6.92 Å². The van der Waals surface area contributed by atoms with Crippen molar-refractivity contribution >= 4 is 18.3 Å². The molecule has 1 aromatic rings. The number of nitrogens with two attached hydrogens (primary N) is 1. The quantitative estimate of drug-likeness (QED) is 0.816. The van der Waals surface area contributed by atoms with Gasteiger partial charge in [0.05, 0.1) is 0 Å². The molecule has 2 rings (SSSR count). The second-order valence-corrected chi connectivity index (χ2v) is 4.60. The van der Waals surface area contributed by atoms with E-state index in [1.54, 1.807) is 30.0 Å². The van der Waals surface area contributed by atoms with Crippen LogP contribution >= 0.6 is 12.4 Å². The van der Waals surface area contributed by atoms with Crippen molar-refractivity contribution < 1.29 is 9.90 Å². The lowest BCUT2D eigenvalue weighted by molar-refractivity contribution is 0.0707. The SMILES string of the molecule is Cc1c(O)cccc1C(=O)N1CCCC(N)C1.Cl. The zero-order valence-corrected chi connectivity index (χ0v) is 11.2. The summed E-state index contributed by atoms with van der Waals surface area (Å²) in [5.41, 5.74) is 7.07. The number of piperidine rings is 1. The minimum Gasteiger partial charge on any atom is -0.508 e. The number of benzene rings is 1. The molecule has 0 aliphatic carbocycles. The van der Waals surface area contributed by atoms with Crippen molar-refractivity contribution in [1.29, 1.82) is 0 Å². The number of halogens is 1. The highest BCUT2D eigenvalue weighted by Gasteiger charge is 2.23. The van der Waals surface area contributed by atoms with Gasteiger partial charge in [-0.3, -0.25) is 4.79 Å². The minimum atomic E-state index is -0.0337. The summed E-state index contributed by atoms with van der Waals surface area (Å²) >= 11 is 0. The van der Waals surface area contributed by atoms with Crippen molar-refractivity contribution in [2.45, 2.75) is 25.8 Å². The van der Waals surface area contributed by atoms with Crippen molar-refractivity contribution in [3.63, 3.8) is 0 Å². The maximum atomic E-state index is 12.3. The number of rotatable bonds is 1. The van der Waals surface area contributed by atoms with Crippen molar-refractivity contribution in [3.8, 4) is 5.75 Å². The van der Waals surface area contributed by atoms with Crippen LogP contribution in [0.15, 0.2) is 18.2 Å². The Morgan fingerprint density at radius 2 is 2.22 bits per heavy atom. The molecule has 18 heavy (non-hydrogen) atoms. The highest BCUT2D eigenvalue weighted by molar-refractivity contribution is 5.96. The third-order valence-electron chi connectivity index (χ3n) is 3.28. The predicted octanol–water partition coefficient (Wildman–Crippen LogP) is 1.69. The fourth-order valence-electron chi connectivity index (χ4n) is 2.22. The molecular formula is C13H19ClN2O2. The molecule has 3 N–H and O–H groups in total. The molecule has 0 bridgehead atoms. The van der Waals surface area contributed by atoms with Crippen LogP contribution in [-0.4, -0.2) is 35.0 Å². The number of aromatic hydroxyl groups is 1. The fourth-order valence-corrected chi connectivity index (χ4v) is 2.22. The van der Waals surface area contributed by atoms with E-state index < -0.39 is 0 Å². The van der Waals surface area contributed by atoms with Crippen LogP contribution in [0.2, 0.25) is 0 Å². The number of phenols is 1. The first-order valence-electron chi connectivity index (χ1n) is 5.93. The number of carbonyl (C=O) groups is 1. The van der Waals surface area contributed by atoms with Crippen molar-refractivity contribution in [1.82, 2.24) is 4.90 Å². The Hall–Kier alpha value is -1.26. The molecule has 5 heteroatoms. The molecule has 0 spiro atoms. The van der Waals surface area contributed by atoms with E-state index in [4.69, 9.17) is 5.73 Å². The van der Waals surface area contributed by atoms with E-state index in [1.807, 2.05) is 0 Å². The summed E-state index contributed by atoms with van der Waals surface area (Å²) in [4.78, 5) is 14.1. The van der Waals surface area contributed by atoms with E-state index in [-0.39, 0.29) is 30.1 Å². The molecule has 1 fully saturated rings. The summed E-state index contributed by atoms with van der Waals surface area (Å²) in [6.45, 7) is 3.11. The van der Waals surface area contributed by atoms with Gasteiger partial charge in [0.15, 0.2) is 0 Å². The average molecular weight is 271 g/mol. The number of hydrogen-bond acceptors (Lipinski definition) is 3. The van der Waals surface area contributed by atoms with Crippen LogP contribution in [0.5, 0.6) is 5.75 Å². The summed E-state index contributed by atoms with van der Waals surface area (Å²) in [5.74, 6) is 0.130. The highest BCUT2D eigenvalue weighted by Crippen LogP contribution is 2.22. The molecular weight excluding hydrogens is 252 g/mol. The van der Waals surface area contributed by atoms with E-state index >= 15 is 0 Å². The first kappa shape index (κ1) is 14.8. The monoisotopic (exact) mass is 270 g/mol. The van der Waals surface area contributed by atoms with Gasteiger partial charge in [-0.2, -0.15) is 0 Å². The van der Waals surface area contributed by atoms with Gasteiger partial charge < -0.3 is 15.7 Å². The number of carbonyl (C=O) groups excluding carboxylic acids is 1. The Labute approximate surface area is 113 Å². The van der Waals surface area contributed by atoms with Crippen molar-refractivity contribution in [2.24, 2.45) is 5.73 Å². The largest absolute Gasteiger partial charge is 0.508 e. The first-order valence-corrected chi connectivity index (χ1v) is 5.93. The summed E-state index contributed by atoms with van der Waals surface area (Å²) < 4.78 is 0. The van der Waals surface area contributed by atoms with Crippen molar-refractivity contribution in [3.05, 3.63) is 29.3 Å². The number of hydrogen-bond donors (Lipinski definition) is 2. The molecule has 0 aromatic heterocycles. The lowest BCUT2D eigenvalue weighted by atomic mass is 10.0. The molecule has 100 valence electrons. The van der Waals surface area contributed by atoms with Gasteiger partial charge in [-0.15, -0.1) is 12.4 Å². The standard InChI is InChI=1S/C13H18N2O2.ClH/c1-9-11(5-2-6-12(9)16)13(17)15-7-3-4-10(14)8-15;/h2,5-6,10,16H,3-4,7-8,14H2,1H3;1H. The van der Waals surface area contributed by atoms with Gasteiger partial charge in [0.2, 0.25) is 0 Å². The first-order chi connectivity index (χ1) is 8.09. The number of likely N-dealkylation sites (tertiary alicyclic amines) is 1. The zero-order chi connectivity index (χ0) is 12.4. The van der Waals surface area contributed by atoms with Gasteiger partial charge >= 0.3 is 0 Å². The van der Waals surface area contributed by atoms with Crippen molar-refractivity contribution in [2.75, 3.05) is 13.1 Å². The van der Waals surface area contributed by atoms with Gasteiger partial charge in [-0.25, -0.2) is 0 Å². The Morgan fingerprint density at radius 1 is 1.50 bits per heavy atom.